The van der Waals surface area contributed by atoms with Crippen LogP contribution in [-0.2, 0) is 14.3 Å². The van der Waals surface area contributed by atoms with Gasteiger partial charge in [-0.25, -0.2) is 0 Å². The number of hydrogen-bond donors (Lipinski definition) is 2. The van der Waals surface area contributed by atoms with Crippen molar-refractivity contribution >= 4 is 5.91 Å². The third kappa shape index (κ3) is 3.25. The Bertz CT molecular complexity index is 187. The largest absolute Gasteiger partial charge is 0.378 e. The summed E-state index contributed by atoms with van der Waals surface area (Å²) < 4.78 is 10.2. The second kappa shape index (κ2) is 5.95. The molecule has 0 aromatic rings. The highest BCUT2D eigenvalue weighted by Gasteiger charge is 2.27. The van der Waals surface area contributed by atoms with Crippen molar-refractivity contribution in [3.8, 4) is 0 Å². The molecule has 1 aliphatic rings. The van der Waals surface area contributed by atoms with Crippen molar-refractivity contribution in [1.29, 1.82) is 0 Å². The first-order valence-corrected chi connectivity index (χ1v) is 4.88. The summed E-state index contributed by atoms with van der Waals surface area (Å²) in [6, 6.07) is 0.0629. The number of nitrogens with one attached hydrogen (secondary N) is 2. The quantitative estimate of drug-likeness (QED) is 0.608. The molecule has 0 aromatic heterocycles. The monoisotopic (exact) mass is 202 g/mol. The highest BCUT2D eigenvalue weighted by Crippen LogP contribution is 2.03. The van der Waals surface area contributed by atoms with Crippen LogP contribution in [0.3, 0.4) is 0 Å². The van der Waals surface area contributed by atoms with Crippen molar-refractivity contribution in [3.63, 3.8) is 0 Å². The number of amides is 1. The second-order valence-corrected chi connectivity index (χ2v) is 3.24. The summed E-state index contributed by atoms with van der Waals surface area (Å²) in [4.78, 5) is 11.3. The summed E-state index contributed by atoms with van der Waals surface area (Å²) in [6.07, 6.45) is 0.0700. The van der Waals surface area contributed by atoms with Gasteiger partial charge < -0.3 is 20.1 Å². The van der Waals surface area contributed by atoms with Gasteiger partial charge in [0.05, 0.1) is 12.1 Å². The van der Waals surface area contributed by atoms with Crippen LogP contribution < -0.4 is 10.6 Å². The first kappa shape index (κ1) is 11.4. The SMILES string of the molecule is CCOCC(=O)NC1CNC[C@@H]1OC. The molecule has 14 heavy (non-hydrogen) atoms. The zero-order valence-electron chi connectivity index (χ0n) is 8.71. The van der Waals surface area contributed by atoms with Gasteiger partial charge in [0.25, 0.3) is 0 Å². The van der Waals surface area contributed by atoms with Gasteiger partial charge in [-0.3, -0.25) is 4.79 Å². The van der Waals surface area contributed by atoms with Gasteiger partial charge in [0.1, 0.15) is 6.61 Å². The van der Waals surface area contributed by atoms with Crippen molar-refractivity contribution in [2.45, 2.75) is 19.1 Å². The molecule has 5 nitrogen and oxygen atoms in total. The van der Waals surface area contributed by atoms with Crippen molar-refractivity contribution in [1.82, 2.24) is 10.6 Å². The van der Waals surface area contributed by atoms with Crippen LogP contribution in [0.5, 0.6) is 0 Å². The fourth-order valence-corrected chi connectivity index (χ4v) is 1.49. The van der Waals surface area contributed by atoms with Crippen LogP contribution in [0.15, 0.2) is 0 Å². The van der Waals surface area contributed by atoms with Crippen LogP contribution in [0, 0.1) is 0 Å². The van der Waals surface area contributed by atoms with Gasteiger partial charge in [-0.15, -0.1) is 0 Å². The standard InChI is InChI=1S/C9H18N2O3/c1-3-14-6-9(12)11-7-4-10-5-8(7)13-2/h7-8,10H,3-6H2,1-2H3,(H,11,12)/t7?,8-/m0/s1. The minimum atomic E-state index is -0.0809. The number of carbonyl (C=O) groups excluding carboxylic acids is 1. The van der Waals surface area contributed by atoms with Gasteiger partial charge >= 0.3 is 0 Å². The van der Waals surface area contributed by atoms with Crippen molar-refractivity contribution < 1.29 is 14.3 Å². The van der Waals surface area contributed by atoms with Crippen molar-refractivity contribution in [2.75, 3.05) is 33.4 Å². The first-order valence-electron chi connectivity index (χ1n) is 4.88. The molecule has 5 heteroatoms. The highest BCUT2D eigenvalue weighted by atomic mass is 16.5. The number of hydrogen-bond acceptors (Lipinski definition) is 4. The smallest absolute Gasteiger partial charge is 0.246 e. The minimum absolute atomic E-state index is 0.0629. The molecule has 0 aliphatic carbocycles. The Morgan fingerprint density at radius 1 is 1.57 bits per heavy atom. The van der Waals surface area contributed by atoms with E-state index in [1.54, 1.807) is 7.11 Å². The van der Waals surface area contributed by atoms with E-state index in [4.69, 9.17) is 9.47 Å². The van der Waals surface area contributed by atoms with E-state index in [0.29, 0.717) is 6.61 Å². The fourth-order valence-electron chi connectivity index (χ4n) is 1.49. The third-order valence-electron chi connectivity index (χ3n) is 2.24. The van der Waals surface area contributed by atoms with Crippen LogP contribution in [-0.4, -0.2) is 51.5 Å². The molecular weight excluding hydrogens is 184 g/mol. The van der Waals surface area contributed by atoms with Gasteiger partial charge in [0.15, 0.2) is 0 Å². The van der Waals surface area contributed by atoms with Crippen LogP contribution in [0.1, 0.15) is 6.92 Å². The van der Waals surface area contributed by atoms with Gasteiger partial charge in [-0.2, -0.15) is 0 Å². The Hall–Kier alpha value is -0.650. The Morgan fingerprint density at radius 3 is 3.00 bits per heavy atom. The number of carbonyl (C=O) groups is 1. The van der Waals surface area contributed by atoms with Crippen LogP contribution >= 0.6 is 0 Å². The van der Waals surface area contributed by atoms with Crippen molar-refractivity contribution in [3.05, 3.63) is 0 Å². The van der Waals surface area contributed by atoms with E-state index in [2.05, 4.69) is 10.6 Å². The Balaban J connectivity index is 2.25. The highest BCUT2D eigenvalue weighted by molar-refractivity contribution is 5.77. The first-order chi connectivity index (χ1) is 6.77. The maximum absolute atomic E-state index is 11.3. The summed E-state index contributed by atoms with van der Waals surface area (Å²) in [5.41, 5.74) is 0. The molecule has 1 saturated heterocycles. The summed E-state index contributed by atoms with van der Waals surface area (Å²) in [6.45, 7) is 4.10. The van der Waals surface area contributed by atoms with Crippen LogP contribution in [0.2, 0.25) is 0 Å². The molecule has 1 heterocycles. The normalized spacial score (nSPS) is 26.4. The molecule has 82 valence electrons. The number of rotatable bonds is 5. The summed E-state index contributed by atoms with van der Waals surface area (Å²) in [5, 5.41) is 6.02. The van der Waals surface area contributed by atoms with Gasteiger partial charge in [-0.05, 0) is 6.92 Å². The Labute approximate surface area is 84.1 Å². The molecule has 1 unspecified atom stereocenters. The lowest BCUT2D eigenvalue weighted by Crippen LogP contribution is -2.44. The predicted molar refractivity (Wildman–Crippen MR) is 52.1 cm³/mol. The maximum atomic E-state index is 11.3. The molecule has 1 rings (SSSR count). The molecule has 2 N–H and O–H groups in total. The minimum Gasteiger partial charge on any atom is -0.378 e. The lowest BCUT2D eigenvalue weighted by Gasteiger charge is -2.18. The van der Waals surface area contributed by atoms with E-state index in [-0.39, 0.29) is 24.7 Å². The number of methoxy groups -OCH3 is 1. The molecule has 0 aromatic carbocycles. The maximum Gasteiger partial charge on any atom is 0.246 e. The fraction of sp³-hybridized carbons (Fsp3) is 0.889. The zero-order chi connectivity index (χ0) is 10.4. The molecule has 0 saturated carbocycles. The average Bonchev–Trinajstić information content (AvgIpc) is 2.62. The van der Waals surface area contributed by atoms with E-state index in [9.17, 15) is 4.79 Å². The molecule has 1 amide bonds. The second-order valence-electron chi connectivity index (χ2n) is 3.24. The molecule has 0 radical (unpaired) electrons. The molecule has 0 bridgehead atoms. The van der Waals surface area contributed by atoms with E-state index in [1.807, 2.05) is 6.92 Å². The molecule has 1 fully saturated rings. The molecule has 0 spiro atoms. The van der Waals surface area contributed by atoms with E-state index < -0.39 is 0 Å². The van der Waals surface area contributed by atoms with Gasteiger partial charge in [-0.1, -0.05) is 0 Å². The topological polar surface area (TPSA) is 59.6 Å². The molecular formula is C9H18N2O3. The van der Waals surface area contributed by atoms with Crippen molar-refractivity contribution in [2.24, 2.45) is 0 Å². The summed E-state index contributed by atoms with van der Waals surface area (Å²) in [5.74, 6) is -0.0809. The van der Waals surface area contributed by atoms with E-state index in [0.717, 1.165) is 13.1 Å². The molecule has 2 atom stereocenters. The van der Waals surface area contributed by atoms with Gasteiger partial charge in [0, 0.05) is 26.8 Å². The van der Waals surface area contributed by atoms with Crippen LogP contribution in [0.25, 0.3) is 0 Å². The van der Waals surface area contributed by atoms with Crippen LogP contribution in [0.4, 0.5) is 0 Å². The Kier molecular flexibility index (Phi) is 4.86. The summed E-state index contributed by atoms with van der Waals surface area (Å²) in [7, 11) is 1.65. The molecule has 1 aliphatic heterocycles. The predicted octanol–water partition coefficient (Wildman–Crippen LogP) is -0.874. The summed E-state index contributed by atoms with van der Waals surface area (Å²) >= 11 is 0. The van der Waals surface area contributed by atoms with Gasteiger partial charge in [0.2, 0.25) is 5.91 Å². The average molecular weight is 202 g/mol. The van der Waals surface area contributed by atoms with E-state index >= 15 is 0 Å². The number of ether oxygens (including phenoxy) is 2. The third-order valence-corrected chi connectivity index (χ3v) is 2.24. The van der Waals surface area contributed by atoms with E-state index in [1.165, 1.54) is 0 Å². The lowest BCUT2D eigenvalue weighted by atomic mass is 10.2. The lowest BCUT2D eigenvalue weighted by molar-refractivity contribution is -0.126. The zero-order valence-corrected chi connectivity index (χ0v) is 8.71. The Morgan fingerprint density at radius 2 is 2.36 bits per heavy atom.